The van der Waals surface area contributed by atoms with E-state index >= 15 is 0 Å². The molecule has 0 N–H and O–H groups in total. The number of methoxy groups -OCH3 is 1. The minimum absolute atomic E-state index is 0.0897. The first-order valence-corrected chi connectivity index (χ1v) is 12.7. The molecule has 2 aliphatic rings. The Morgan fingerprint density at radius 3 is 2.45 bits per heavy atom. The van der Waals surface area contributed by atoms with Crippen molar-refractivity contribution < 1.29 is 40.6 Å². The summed E-state index contributed by atoms with van der Waals surface area (Å²) in [6.45, 7) is 1.20. The van der Waals surface area contributed by atoms with Crippen molar-refractivity contribution in [2.75, 3.05) is 26.8 Å². The fourth-order valence-electron chi connectivity index (χ4n) is 5.21. The normalized spacial score (nSPS) is 19.4. The van der Waals surface area contributed by atoms with Crippen molar-refractivity contribution in [2.24, 2.45) is 11.8 Å². The van der Waals surface area contributed by atoms with E-state index in [0.29, 0.717) is 62.4 Å². The smallest absolute Gasteiger partial charge is 0.416 e. The lowest BCUT2D eigenvalue weighted by Crippen LogP contribution is -2.23. The van der Waals surface area contributed by atoms with Crippen LogP contribution in [0.2, 0.25) is 0 Å². The van der Waals surface area contributed by atoms with Gasteiger partial charge < -0.3 is 9.47 Å². The molecule has 2 aromatic carbocycles. The van der Waals surface area contributed by atoms with Crippen LogP contribution in [0.5, 0.6) is 5.75 Å². The molecule has 208 valence electrons. The van der Waals surface area contributed by atoms with Crippen LogP contribution in [0, 0.1) is 11.8 Å². The summed E-state index contributed by atoms with van der Waals surface area (Å²) in [4.78, 5) is 13.6. The molecule has 2 fully saturated rings. The van der Waals surface area contributed by atoms with Gasteiger partial charge in [0.25, 0.3) is 0 Å². The lowest BCUT2D eigenvalue weighted by atomic mass is 9.91. The molecule has 1 saturated heterocycles. The molecule has 0 aromatic heterocycles. The van der Waals surface area contributed by atoms with E-state index < -0.39 is 23.5 Å². The van der Waals surface area contributed by atoms with E-state index in [1.807, 2.05) is 24.3 Å². The number of hydrogen-bond donors (Lipinski definition) is 0. The third kappa shape index (κ3) is 7.42. The number of ether oxygens (including phenoxy) is 2. The number of esters is 1. The molecule has 1 saturated carbocycles. The quantitative estimate of drug-likeness (QED) is 0.237. The molecule has 2 aromatic rings. The molecule has 0 bridgehead atoms. The summed E-state index contributed by atoms with van der Waals surface area (Å²) >= 11 is 0. The molecule has 1 aliphatic heterocycles. The molecule has 1 aliphatic carbocycles. The van der Waals surface area contributed by atoms with Gasteiger partial charge in [0.1, 0.15) is 5.75 Å². The highest BCUT2D eigenvalue weighted by Crippen LogP contribution is 2.45. The van der Waals surface area contributed by atoms with Crippen LogP contribution in [0.4, 0.5) is 26.3 Å². The van der Waals surface area contributed by atoms with Crippen molar-refractivity contribution in [3.63, 3.8) is 0 Å². The number of halogens is 6. The van der Waals surface area contributed by atoms with Crippen LogP contribution in [0.1, 0.15) is 60.3 Å². The van der Waals surface area contributed by atoms with Crippen LogP contribution < -0.4 is 4.74 Å². The predicted octanol–water partition coefficient (Wildman–Crippen LogP) is 7.07. The second-order valence-corrected chi connectivity index (χ2v) is 10.2. The van der Waals surface area contributed by atoms with Gasteiger partial charge >= 0.3 is 18.3 Å². The molecule has 2 atom stereocenters. The van der Waals surface area contributed by atoms with Crippen molar-refractivity contribution >= 4 is 5.97 Å². The summed E-state index contributed by atoms with van der Waals surface area (Å²) in [5.74, 6) is 1.16. The SMILES string of the molecule is COC(=O)C[C@H](c1cccc(OCCC2CCN(Cc3cc(C(F)(F)F)ccc3C(F)(F)F)C2)c1)C1CC1. The lowest BCUT2D eigenvalue weighted by molar-refractivity contribution is -0.142. The number of alkyl halides is 6. The number of benzene rings is 2. The fourth-order valence-corrected chi connectivity index (χ4v) is 5.21. The van der Waals surface area contributed by atoms with Gasteiger partial charge in [-0.1, -0.05) is 12.1 Å². The number of likely N-dealkylation sites (tertiary alicyclic amines) is 1. The van der Waals surface area contributed by atoms with Crippen LogP contribution in [0.15, 0.2) is 42.5 Å². The minimum Gasteiger partial charge on any atom is -0.494 e. The van der Waals surface area contributed by atoms with Gasteiger partial charge in [-0.05, 0) is 91.4 Å². The monoisotopic (exact) mass is 543 g/mol. The van der Waals surface area contributed by atoms with Gasteiger partial charge in [0.15, 0.2) is 0 Å². The maximum absolute atomic E-state index is 13.4. The number of carbonyl (C=O) groups is 1. The maximum Gasteiger partial charge on any atom is 0.416 e. The van der Waals surface area contributed by atoms with Gasteiger partial charge in [0.05, 0.1) is 31.3 Å². The second kappa shape index (κ2) is 11.6. The topological polar surface area (TPSA) is 38.8 Å². The number of rotatable bonds is 10. The molecule has 4 rings (SSSR count). The Bertz CT molecular complexity index is 1110. The summed E-state index contributed by atoms with van der Waals surface area (Å²) in [6, 6.07) is 9.28. The molecule has 0 radical (unpaired) electrons. The minimum atomic E-state index is -4.73. The zero-order valence-electron chi connectivity index (χ0n) is 21.1. The Morgan fingerprint density at radius 1 is 1.03 bits per heavy atom. The average molecular weight is 544 g/mol. The summed E-state index contributed by atoms with van der Waals surface area (Å²) in [6.07, 6.45) is -5.55. The Balaban J connectivity index is 1.32. The largest absolute Gasteiger partial charge is 0.494 e. The first kappa shape index (κ1) is 28.3. The Kier molecular flexibility index (Phi) is 8.59. The second-order valence-electron chi connectivity index (χ2n) is 10.2. The highest BCUT2D eigenvalue weighted by Gasteiger charge is 2.38. The van der Waals surface area contributed by atoms with Gasteiger partial charge in [-0.15, -0.1) is 0 Å². The first-order chi connectivity index (χ1) is 17.9. The molecule has 1 unspecified atom stereocenters. The van der Waals surface area contributed by atoms with Gasteiger partial charge in [-0.3, -0.25) is 9.69 Å². The summed E-state index contributed by atoms with van der Waals surface area (Å²) in [5, 5.41) is 0. The summed E-state index contributed by atoms with van der Waals surface area (Å²) in [5.41, 5.74) is -1.45. The first-order valence-electron chi connectivity index (χ1n) is 12.7. The summed E-state index contributed by atoms with van der Waals surface area (Å²) < 4.78 is 90.4. The third-order valence-corrected chi connectivity index (χ3v) is 7.39. The molecular weight excluding hydrogens is 512 g/mol. The molecule has 38 heavy (non-hydrogen) atoms. The van der Waals surface area contributed by atoms with Crippen LogP contribution >= 0.6 is 0 Å². The van der Waals surface area contributed by atoms with E-state index in [2.05, 4.69) is 0 Å². The highest BCUT2D eigenvalue weighted by molar-refractivity contribution is 5.70. The van der Waals surface area contributed by atoms with Crippen molar-refractivity contribution in [2.45, 2.75) is 56.9 Å². The van der Waals surface area contributed by atoms with E-state index in [-0.39, 0.29) is 29.9 Å². The third-order valence-electron chi connectivity index (χ3n) is 7.39. The molecular formula is C28H31F6NO3. The van der Waals surface area contributed by atoms with E-state index in [1.54, 1.807) is 4.90 Å². The van der Waals surface area contributed by atoms with E-state index in [4.69, 9.17) is 9.47 Å². The van der Waals surface area contributed by atoms with Crippen molar-refractivity contribution in [1.29, 1.82) is 0 Å². The van der Waals surface area contributed by atoms with E-state index in [0.717, 1.165) is 24.8 Å². The summed E-state index contributed by atoms with van der Waals surface area (Å²) in [7, 11) is 1.38. The Hall–Kier alpha value is -2.75. The van der Waals surface area contributed by atoms with Crippen LogP contribution in [-0.4, -0.2) is 37.7 Å². The standard InChI is InChI=1S/C28H31F6NO3/c1-37-26(36)15-24(19-5-6-19)20-3-2-4-23(14-20)38-12-10-18-9-11-35(16-18)17-21-13-22(27(29,30)31)7-8-25(21)28(32,33)34/h2-4,7-8,13-14,18-19,24H,5-6,9-12,15-17H2,1H3/t18?,24-/m0/s1. The van der Waals surface area contributed by atoms with Crippen LogP contribution in [-0.2, 0) is 28.4 Å². The molecule has 10 heteroatoms. The maximum atomic E-state index is 13.4. The van der Waals surface area contributed by atoms with Gasteiger partial charge in [0, 0.05) is 13.1 Å². The lowest BCUT2D eigenvalue weighted by Gasteiger charge is -2.21. The highest BCUT2D eigenvalue weighted by atomic mass is 19.4. The van der Waals surface area contributed by atoms with E-state index in [1.165, 1.54) is 7.11 Å². The van der Waals surface area contributed by atoms with E-state index in [9.17, 15) is 31.1 Å². The molecule has 4 nitrogen and oxygen atoms in total. The molecule has 1 heterocycles. The average Bonchev–Trinajstić information content (AvgIpc) is 3.60. The van der Waals surface area contributed by atoms with Crippen LogP contribution in [0.3, 0.4) is 0 Å². The van der Waals surface area contributed by atoms with Crippen molar-refractivity contribution in [3.05, 3.63) is 64.7 Å². The Morgan fingerprint density at radius 2 is 1.79 bits per heavy atom. The van der Waals surface area contributed by atoms with Gasteiger partial charge in [-0.25, -0.2) is 0 Å². The number of nitrogens with zero attached hydrogens (tertiary/aromatic N) is 1. The number of hydrogen-bond acceptors (Lipinski definition) is 4. The zero-order valence-corrected chi connectivity index (χ0v) is 21.1. The zero-order chi connectivity index (χ0) is 27.5. The Labute approximate surface area is 217 Å². The predicted molar refractivity (Wildman–Crippen MR) is 128 cm³/mol. The fraction of sp³-hybridized carbons (Fsp3) is 0.536. The number of carbonyl (C=O) groups excluding carboxylic acids is 1. The van der Waals surface area contributed by atoms with Crippen molar-refractivity contribution in [3.8, 4) is 5.75 Å². The van der Waals surface area contributed by atoms with Crippen molar-refractivity contribution in [1.82, 2.24) is 4.90 Å². The molecule has 0 amide bonds. The van der Waals surface area contributed by atoms with Crippen LogP contribution in [0.25, 0.3) is 0 Å². The van der Waals surface area contributed by atoms with Gasteiger partial charge in [0.2, 0.25) is 0 Å². The van der Waals surface area contributed by atoms with Gasteiger partial charge in [-0.2, -0.15) is 26.3 Å². The molecule has 0 spiro atoms.